The Morgan fingerprint density at radius 1 is 1.40 bits per heavy atom. The molecular formula is C11H14N4O4S. The zero-order valence-electron chi connectivity index (χ0n) is 10.5. The smallest absolute Gasteiger partial charge is 0.215 e. The van der Waals surface area contributed by atoms with Crippen molar-refractivity contribution in [3.63, 3.8) is 0 Å². The third-order valence-electron chi connectivity index (χ3n) is 2.34. The Balaban J connectivity index is 1.77. The molecule has 0 atom stereocenters. The number of benzene rings is 1. The minimum atomic E-state index is -3.47. The highest BCUT2D eigenvalue weighted by Gasteiger charge is 2.11. The number of aromatic nitrogens is 2. The van der Waals surface area contributed by atoms with Crippen molar-refractivity contribution in [2.75, 3.05) is 18.1 Å². The van der Waals surface area contributed by atoms with Gasteiger partial charge in [0.05, 0.1) is 12.3 Å². The first-order valence-corrected chi connectivity index (χ1v) is 7.41. The lowest BCUT2D eigenvalue weighted by atomic mass is 10.3. The largest absolute Gasteiger partial charge is 0.492 e. The summed E-state index contributed by atoms with van der Waals surface area (Å²) in [6, 6.07) is 6.78. The summed E-state index contributed by atoms with van der Waals surface area (Å²) in [4.78, 5) is 3.71. The molecule has 1 aromatic carbocycles. The van der Waals surface area contributed by atoms with Crippen LogP contribution in [0.3, 0.4) is 0 Å². The van der Waals surface area contributed by atoms with Crippen LogP contribution in [-0.4, -0.2) is 30.9 Å². The van der Waals surface area contributed by atoms with E-state index >= 15 is 0 Å². The van der Waals surface area contributed by atoms with E-state index in [0.717, 1.165) is 6.39 Å². The molecule has 2 aromatic rings. The molecule has 0 amide bonds. The van der Waals surface area contributed by atoms with Gasteiger partial charge in [0.1, 0.15) is 12.4 Å². The van der Waals surface area contributed by atoms with Gasteiger partial charge in [0, 0.05) is 11.8 Å². The molecule has 2 rings (SSSR count). The molecule has 0 fully saturated rings. The van der Waals surface area contributed by atoms with E-state index in [0.29, 0.717) is 11.4 Å². The van der Waals surface area contributed by atoms with E-state index in [2.05, 4.69) is 19.4 Å². The summed E-state index contributed by atoms with van der Waals surface area (Å²) in [6.07, 6.45) is 1.13. The second-order valence-corrected chi connectivity index (χ2v) is 5.83. The number of nitrogens with zero attached hydrogens (tertiary/aromatic N) is 2. The SMILES string of the molecule is Nc1cccc(OCCS(=O)(=O)NCc2ncon2)c1. The maximum absolute atomic E-state index is 11.7. The summed E-state index contributed by atoms with van der Waals surface area (Å²) in [5, 5.41) is 3.50. The molecular weight excluding hydrogens is 284 g/mol. The van der Waals surface area contributed by atoms with Gasteiger partial charge in [-0.25, -0.2) is 13.1 Å². The number of nitrogens with one attached hydrogen (secondary N) is 1. The third-order valence-corrected chi connectivity index (χ3v) is 3.62. The van der Waals surface area contributed by atoms with Crippen LogP contribution in [0, 0.1) is 0 Å². The lowest BCUT2D eigenvalue weighted by molar-refractivity contribution is 0.340. The molecule has 0 aliphatic carbocycles. The second kappa shape index (κ2) is 6.35. The fourth-order valence-corrected chi connectivity index (χ4v) is 2.19. The van der Waals surface area contributed by atoms with Crippen LogP contribution >= 0.6 is 0 Å². The van der Waals surface area contributed by atoms with Gasteiger partial charge in [0.15, 0.2) is 5.82 Å². The van der Waals surface area contributed by atoms with E-state index < -0.39 is 10.0 Å². The van der Waals surface area contributed by atoms with Gasteiger partial charge < -0.3 is 15.0 Å². The number of hydrogen-bond donors (Lipinski definition) is 2. The maximum atomic E-state index is 11.7. The van der Waals surface area contributed by atoms with Crippen LogP contribution in [0.5, 0.6) is 5.75 Å². The first-order valence-electron chi connectivity index (χ1n) is 5.76. The van der Waals surface area contributed by atoms with Crippen molar-refractivity contribution in [1.29, 1.82) is 0 Å². The van der Waals surface area contributed by atoms with Gasteiger partial charge in [-0.15, -0.1) is 0 Å². The van der Waals surface area contributed by atoms with Crippen LogP contribution in [0.4, 0.5) is 5.69 Å². The zero-order chi connectivity index (χ0) is 14.4. The van der Waals surface area contributed by atoms with Gasteiger partial charge in [-0.3, -0.25) is 0 Å². The van der Waals surface area contributed by atoms with Crippen LogP contribution < -0.4 is 15.2 Å². The Morgan fingerprint density at radius 3 is 2.95 bits per heavy atom. The van der Waals surface area contributed by atoms with Crippen LogP contribution in [0.1, 0.15) is 5.82 Å². The van der Waals surface area contributed by atoms with Gasteiger partial charge in [-0.2, -0.15) is 4.98 Å². The van der Waals surface area contributed by atoms with Gasteiger partial charge in [-0.05, 0) is 12.1 Å². The first-order chi connectivity index (χ1) is 9.55. The van der Waals surface area contributed by atoms with Crippen molar-refractivity contribution in [2.24, 2.45) is 0 Å². The number of ether oxygens (including phenoxy) is 1. The van der Waals surface area contributed by atoms with E-state index in [9.17, 15) is 8.42 Å². The number of nitrogen functional groups attached to an aromatic ring is 1. The highest BCUT2D eigenvalue weighted by Crippen LogP contribution is 2.14. The normalized spacial score (nSPS) is 11.4. The van der Waals surface area contributed by atoms with Crippen molar-refractivity contribution < 1.29 is 17.7 Å². The molecule has 0 saturated heterocycles. The molecule has 0 aliphatic heterocycles. The van der Waals surface area contributed by atoms with Gasteiger partial charge in [-0.1, -0.05) is 11.2 Å². The predicted molar refractivity (Wildman–Crippen MR) is 71.3 cm³/mol. The lowest BCUT2D eigenvalue weighted by Crippen LogP contribution is -2.29. The molecule has 0 saturated carbocycles. The molecule has 1 heterocycles. The lowest BCUT2D eigenvalue weighted by Gasteiger charge is -2.07. The quantitative estimate of drug-likeness (QED) is 0.698. The molecule has 0 bridgehead atoms. The van der Waals surface area contributed by atoms with Crippen molar-refractivity contribution in [3.05, 3.63) is 36.5 Å². The summed E-state index contributed by atoms with van der Waals surface area (Å²) in [5.41, 5.74) is 6.14. The van der Waals surface area contributed by atoms with Crippen LogP contribution in [0.15, 0.2) is 35.2 Å². The number of nitrogens with two attached hydrogens (primary N) is 1. The van der Waals surface area contributed by atoms with E-state index in [1.165, 1.54) is 0 Å². The number of hydrogen-bond acceptors (Lipinski definition) is 7. The Labute approximate surface area is 116 Å². The number of sulfonamides is 1. The highest BCUT2D eigenvalue weighted by atomic mass is 32.2. The second-order valence-electron chi connectivity index (χ2n) is 3.91. The average Bonchev–Trinajstić information content (AvgIpc) is 2.89. The zero-order valence-corrected chi connectivity index (χ0v) is 11.3. The molecule has 9 heteroatoms. The molecule has 0 radical (unpaired) electrons. The van der Waals surface area contributed by atoms with Gasteiger partial charge >= 0.3 is 0 Å². The number of rotatable bonds is 7. The maximum Gasteiger partial charge on any atom is 0.215 e. The van der Waals surface area contributed by atoms with Gasteiger partial charge in [0.25, 0.3) is 0 Å². The summed E-state index contributed by atoms with van der Waals surface area (Å²) in [6.45, 7) is 0.00213. The molecule has 20 heavy (non-hydrogen) atoms. The highest BCUT2D eigenvalue weighted by molar-refractivity contribution is 7.89. The molecule has 0 aliphatic rings. The van der Waals surface area contributed by atoms with Gasteiger partial charge in [0.2, 0.25) is 16.4 Å². The van der Waals surface area contributed by atoms with Crippen LogP contribution in [0.2, 0.25) is 0 Å². The minimum Gasteiger partial charge on any atom is -0.492 e. The summed E-state index contributed by atoms with van der Waals surface area (Å²) < 4.78 is 35.5. The molecule has 108 valence electrons. The van der Waals surface area contributed by atoms with E-state index in [1.54, 1.807) is 24.3 Å². The fourth-order valence-electron chi connectivity index (χ4n) is 1.39. The molecule has 0 spiro atoms. The molecule has 8 nitrogen and oxygen atoms in total. The first kappa shape index (κ1) is 14.3. The Bertz CT molecular complexity index is 642. The average molecular weight is 298 g/mol. The summed E-state index contributed by atoms with van der Waals surface area (Å²) in [7, 11) is -3.47. The van der Waals surface area contributed by atoms with Crippen molar-refractivity contribution in [1.82, 2.24) is 14.9 Å². The van der Waals surface area contributed by atoms with Crippen LogP contribution in [0.25, 0.3) is 0 Å². The topological polar surface area (TPSA) is 120 Å². The molecule has 0 unspecified atom stereocenters. The molecule has 3 N–H and O–H groups in total. The Hall–Kier alpha value is -2.13. The summed E-state index contributed by atoms with van der Waals surface area (Å²) in [5.74, 6) is 0.614. The predicted octanol–water partition coefficient (Wildman–Crippen LogP) is 0.150. The monoisotopic (exact) mass is 298 g/mol. The van der Waals surface area contributed by atoms with Crippen molar-refractivity contribution in [2.45, 2.75) is 6.54 Å². The third kappa shape index (κ3) is 4.52. The number of anilines is 1. The van der Waals surface area contributed by atoms with Crippen LogP contribution in [-0.2, 0) is 16.6 Å². The van der Waals surface area contributed by atoms with Crippen molar-refractivity contribution in [3.8, 4) is 5.75 Å². The van der Waals surface area contributed by atoms with E-state index in [4.69, 9.17) is 10.5 Å². The Morgan fingerprint density at radius 2 is 2.25 bits per heavy atom. The van der Waals surface area contributed by atoms with E-state index in [-0.39, 0.29) is 24.7 Å². The summed E-state index contributed by atoms with van der Waals surface area (Å²) >= 11 is 0. The standard InChI is InChI=1S/C11H14N4O4S/c12-9-2-1-3-10(6-9)18-4-5-20(16,17)14-7-11-13-8-19-15-11/h1-3,6,8,14H,4-5,7,12H2. The van der Waals surface area contributed by atoms with Crippen molar-refractivity contribution >= 4 is 15.7 Å². The molecule has 1 aromatic heterocycles. The fraction of sp³-hybridized carbons (Fsp3) is 0.273. The van der Waals surface area contributed by atoms with E-state index in [1.807, 2.05) is 0 Å². The minimum absolute atomic E-state index is 0.0167. The Kier molecular flexibility index (Phi) is 4.53.